The summed E-state index contributed by atoms with van der Waals surface area (Å²) in [6.07, 6.45) is 1.35. The van der Waals surface area contributed by atoms with Crippen molar-refractivity contribution in [1.82, 2.24) is 10.2 Å². The Morgan fingerprint density at radius 2 is 2.00 bits per heavy atom. The number of amides is 2. The molecular formula is C9H16N2O. The zero-order valence-electron chi connectivity index (χ0n) is 7.71. The van der Waals surface area contributed by atoms with E-state index >= 15 is 0 Å². The molecule has 1 saturated carbocycles. The lowest BCUT2D eigenvalue weighted by Gasteiger charge is -2.20. The maximum absolute atomic E-state index is 11.4. The van der Waals surface area contributed by atoms with Gasteiger partial charge >= 0.3 is 6.03 Å². The molecule has 3 nitrogen and oxygen atoms in total. The lowest BCUT2D eigenvalue weighted by atomic mass is 10.4. The number of hydrogen-bond acceptors (Lipinski definition) is 1. The van der Waals surface area contributed by atoms with Gasteiger partial charge in [0.05, 0.1) is 0 Å². The number of hydrogen-bond donors (Lipinski definition) is 1. The monoisotopic (exact) mass is 168 g/mol. The number of piperidine rings is 1. The van der Waals surface area contributed by atoms with Crippen molar-refractivity contribution in [3.05, 3.63) is 0 Å². The van der Waals surface area contributed by atoms with Crippen LogP contribution < -0.4 is 5.32 Å². The van der Waals surface area contributed by atoms with E-state index in [2.05, 4.69) is 5.32 Å². The van der Waals surface area contributed by atoms with Gasteiger partial charge in [0.25, 0.3) is 0 Å². The summed E-state index contributed by atoms with van der Waals surface area (Å²) in [4.78, 5) is 13.4. The molecule has 1 N–H and O–H groups in total. The minimum absolute atomic E-state index is 0.122. The second-order valence-corrected chi connectivity index (χ2v) is 4.27. The number of nitrogens with one attached hydrogen (secondary N) is 1. The number of urea groups is 1. The average Bonchev–Trinajstić information content (AvgIpc) is 2.57. The summed E-state index contributed by atoms with van der Waals surface area (Å²) in [7, 11) is 0. The van der Waals surface area contributed by atoms with Crippen LogP contribution in [0, 0.1) is 11.8 Å². The third-order valence-corrected chi connectivity index (χ3v) is 2.68. The first-order valence-electron chi connectivity index (χ1n) is 4.72. The van der Waals surface area contributed by atoms with Gasteiger partial charge in [-0.1, -0.05) is 0 Å². The second kappa shape index (κ2) is 2.64. The van der Waals surface area contributed by atoms with Crippen molar-refractivity contribution < 1.29 is 4.79 Å². The smallest absolute Gasteiger partial charge is 0.317 e. The van der Waals surface area contributed by atoms with Gasteiger partial charge in [0.15, 0.2) is 0 Å². The van der Waals surface area contributed by atoms with E-state index in [1.807, 2.05) is 18.7 Å². The second-order valence-electron chi connectivity index (χ2n) is 4.27. The maximum atomic E-state index is 11.4. The molecule has 2 unspecified atom stereocenters. The highest BCUT2D eigenvalue weighted by atomic mass is 16.2. The van der Waals surface area contributed by atoms with E-state index in [1.54, 1.807) is 0 Å². The molecular weight excluding hydrogens is 152 g/mol. The molecule has 2 fully saturated rings. The predicted molar refractivity (Wildman–Crippen MR) is 46.8 cm³/mol. The van der Waals surface area contributed by atoms with Crippen molar-refractivity contribution in [2.24, 2.45) is 11.8 Å². The van der Waals surface area contributed by atoms with Crippen LogP contribution in [0.3, 0.4) is 0 Å². The van der Waals surface area contributed by atoms with Gasteiger partial charge in [0.2, 0.25) is 0 Å². The maximum Gasteiger partial charge on any atom is 0.317 e. The van der Waals surface area contributed by atoms with Crippen LogP contribution in [-0.4, -0.2) is 30.1 Å². The van der Waals surface area contributed by atoms with Gasteiger partial charge in [-0.05, 0) is 32.1 Å². The molecule has 0 aromatic carbocycles. The largest absolute Gasteiger partial charge is 0.336 e. The van der Waals surface area contributed by atoms with Crippen LogP contribution in [-0.2, 0) is 0 Å². The summed E-state index contributed by atoms with van der Waals surface area (Å²) in [6, 6.07) is 0.381. The quantitative estimate of drug-likeness (QED) is 0.623. The van der Waals surface area contributed by atoms with E-state index in [0.29, 0.717) is 0 Å². The standard InChI is InChI=1S/C9H16N2O/c1-6(2)10-9(12)11-4-7-3-8(7)5-11/h6-8H,3-5H2,1-2H3,(H,10,12). The summed E-state index contributed by atoms with van der Waals surface area (Å²) in [5.41, 5.74) is 0. The fourth-order valence-electron chi connectivity index (χ4n) is 1.90. The molecule has 0 spiro atoms. The Hall–Kier alpha value is -0.730. The summed E-state index contributed by atoms with van der Waals surface area (Å²) >= 11 is 0. The lowest BCUT2D eigenvalue weighted by molar-refractivity contribution is 0.201. The van der Waals surface area contributed by atoms with E-state index in [-0.39, 0.29) is 12.1 Å². The Balaban J connectivity index is 1.81. The minimum Gasteiger partial charge on any atom is -0.336 e. The topological polar surface area (TPSA) is 32.3 Å². The van der Waals surface area contributed by atoms with Gasteiger partial charge in [-0.25, -0.2) is 4.79 Å². The average molecular weight is 168 g/mol. The van der Waals surface area contributed by atoms with Crippen LogP contribution in [0.2, 0.25) is 0 Å². The number of nitrogens with zero attached hydrogens (tertiary/aromatic N) is 1. The van der Waals surface area contributed by atoms with Gasteiger partial charge in [0, 0.05) is 19.1 Å². The Bertz CT molecular complexity index is 193. The summed E-state index contributed by atoms with van der Waals surface area (Å²) in [5, 5.41) is 2.91. The fraction of sp³-hybridized carbons (Fsp3) is 0.889. The molecule has 1 aliphatic carbocycles. The van der Waals surface area contributed by atoms with E-state index in [9.17, 15) is 4.79 Å². The van der Waals surface area contributed by atoms with Crippen LogP contribution in [0.25, 0.3) is 0 Å². The first-order valence-corrected chi connectivity index (χ1v) is 4.72. The Morgan fingerprint density at radius 3 is 2.50 bits per heavy atom. The highest BCUT2D eigenvalue weighted by Crippen LogP contribution is 2.44. The molecule has 1 heterocycles. The van der Waals surface area contributed by atoms with Gasteiger partial charge in [-0.15, -0.1) is 0 Å². The number of fused-ring (bicyclic) bond motifs is 1. The summed E-state index contributed by atoms with van der Waals surface area (Å²) < 4.78 is 0. The van der Waals surface area contributed by atoms with Crippen molar-refractivity contribution in [2.75, 3.05) is 13.1 Å². The molecule has 2 rings (SSSR count). The zero-order chi connectivity index (χ0) is 8.72. The van der Waals surface area contributed by atoms with Crippen molar-refractivity contribution in [2.45, 2.75) is 26.3 Å². The van der Waals surface area contributed by atoms with Crippen LogP contribution in [0.15, 0.2) is 0 Å². The number of rotatable bonds is 1. The first-order chi connectivity index (χ1) is 5.66. The highest BCUT2D eigenvalue weighted by Gasteiger charge is 2.46. The molecule has 68 valence electrons. The van der Waals surface area contributed by atoms with E-state index in [0.717, 1.165) is 24.9 Å². The SMILES string of the molecule is CC(C)NC(=O)N1CC2CC2C1. The third kappa shape index (κ3) is 1.40. The van der Waals surface area contributed by atoms with E-state index in [4.69, 9.17) is 0 Å². The fourth-order valence-corrected chi connectivity index (χ4v) is 1.90. The van der Waals surface area contributed by atoms with Crippen LogP contribution >= 0.6 is 0 Å². The normalized spacial score (nSPS) is 32.1. The molecule has 0 bridgehead atoms. The lowest BCUT2D eigenvalue weighted by Crippen LogP contribution is -2.42. The predicted octanol–water partition coefficient (Wildman–Crippen LogP) is 1.06. The van der Waals surface area contributed by atoms with Gasteiger partial charge in [0.1, 0.15) is 0 Å². The van der Waals surface area contributed by atoms with Gasteiger partial charge < -0.3 is 10.2 Å². The molecule has 2 amide bonds. The van der Waals surface area contributed by atoms with Crippen LogP contribution in [0.4, 0.5) is 4.79 Å². The summed E-state index contributed by atoms with van der Waals surface area (Å²) in [5.74, 6) is 1.67. The molecule has 0 radical (unpaired) electrons. The molecule has 0 aromatic rings. The zero-order valence-corrected chi connectivity index (χ0v) is 7.71. The van der Waals surface area contributed by atoms with Crippen LogP contribution in [0.1, 0.15) is 20.3 Å². The molecule has 1 saturated heterocycles. The first kappa shape index (κ1) is 7.90. The van der Waals surface area contributed by atoms with Gasteiger partial charge in [-0.3, -0.25) is 0 Å². The number of carbonyl (C=O) groups is 1. The number of carbonyl (C=O) groups excluding carboxylic acids is 1. The van der Waals surface area contributed by atoms with E-state index in [1.165, 1.54) is 6.42 Å². The number of likely N-dealkylation sites (tertiary alicyclic amines) is 1. The molecule has 2 atom stereocenters. The molecule has 2 aliphatic rings. The molecule has 1 aliphatic heterocycles. The summed E-state index contributed by atoms with van der Waals surface area (Å²) in [6.45, 7) is 5.97. The highest BCUT2D eigenvalue weighted by molar-refractivity contribution is 5.75. The van der Waals surface area contributed by atoms with Crippen LogP contribution in [0.5, 0.6) is 0 Å². The van der Waals surface area contributed by atoms with Gasteiger partial charge in [-0.2, -0.15) is 0 Å². The molecule has 12 heavy (non-hydrogen) atoms. The molecule has 0 aromatic heterocycles. The third-order valence-electron chi connectivity index (χ3n) is 2.68. The van der Waals surface area contributed by atoms with Crippen molar-refractivity contribution >= 4 is 6.03 Å². The Labute approximate surface area is 73.1 Å². The minimum atomic E-state index is 0.122. The Kier molecular flexibility index (Phi) is 1.74. The Morgan fingerprint density at radius 1 is 1.42 bits per heavy atom. The van der Waals surface area contributed by atoms with E-state index < -0.39 is 0 Å². The van der Waals surface area contributed by atoms with Crippen molar-refractivity contribution in [3.8, 4) is 0 Å². The molecule has 3 heteroatoms. The van der Waals surface area contributed by atoms with Crippen molar-refractivity contribution in [3.63, 3.8) is 0 Å². The van der Waals surface area contributed by atoms with Crippen molar-refractivity contribution in [1.29, 1.82) is 0 Å².